The lowest BCUT2D eigenvalue weighted by Crippen LogP contribution is -2.10. The van der Waals surface area contributed by atoms with E-state index in [1.54, 1.807) is 0 Å². The minimum Gasteiger partial charge on any atom is -0.384 e. The molecule has 0 saturated heterocycles. The van der Waals surface area contributed by atoms with Gasteiger partial charge in [0.2, 0.25) is 0 Å². The summed E-state index contributed by atoms with van der Waals surface area (Å²) in [6.07, 6.45) is 3.94. The standard InChI is InChI=1S/C16H18N4/c1-20-14(7-6-13-3-2-8-19-13)9-11-4-5-12(16(17)18)10-15(11)20/h2-5,8-10,19H,6-7H2,1H3,(H3,17,18). The summed E-state index contributed by atoms with van der Waals surface area (Å²) in [4.78, 5) is 3.23. The van der Waals surface area contributed by atoms with Crippen LogP contribution in [-0.2, 0) is 19.9 Å². The average molecular weight is 266 g/mol. The van der Waals surface area contributed by atoms with Crippen molar-refractivity contribution in [2.45, 2.75) is 12.8 Å². The van der Waals surface area contributed by atoms with Gasteiger partial charge in [-0.1, -0.05) is 12.1 Å². The molecule has 2 aromatic heterocycles. The third-order valence-corrected chi connectivity index (χ3v) is 3.77. The Kier molecular flexibility index (Phi) is 3.06. The molecule has 0 aliphatic carbocycles. The number of benzene rings is 1. The number of amidine groups is 1. The Morgan fingerprint density at radius 3 is 2.80 bits per heavy atom. The maximum absolute atomic E-state index is 7.53. The molecular weight excluding hydrogens is 248 g/mol. The number of hydrogen-bond donors (Lipinski definition) is 3. The zero-order chi connectivity index (χ0) is 14.1. The van der Waals surface area contributed by atoms with Crippen LogP contribution in [0.4, 0.5) is 0 Å². The SMILES string of the molecule is Cn1c(CCc2ccc[nH]2)cc2ccc(C(=N)N)cc21. The highest BCUT2D eigenvalue weighted by molar-refractivity contribution is 5.98. The maximum atomic E-state index is 7.53. The molecule has 4 N–H and O–H groups in total. The van der Waals surface area contributed by atoms with E-state index in [1.807, 2.05) is 30.5 Å². The summed E-state index contributed by atoms with van der Waals surface area (Å²) in [5, 5.41) is 8.72. The van der Waals surface area contributed by atoms with E-state index in [1.165, 1.54) is 16.8 Å². The largest absolute Gasteiger partial charge is 0.384 e. The van der Waals surface area contributed by atoms with Crippen molar-refractivity contribution in [2.75, 3.05) is 0 Å². The van der Waals surface area contributed by atoms with Crippen molar-refractivity contribution in [2.24, 2.45) is 12.8 Å². The fraction of sp³-hybridized carbons (Fsp3) is 0.188. The summed E-state index contributed by atoms with van der Waals surface area (Å²) < 4.78 is 2.19. The van der Waals surface area contributed by atoms with Crippen LogP contribution >= 0.6 is 0 Å². The van der Waals surface area contributed by atoms with Crippen LogP contribution in [0.5, 0.6) is 0 Å². The monoisotopic (exact) mass is 266 g/mol. The van der Waals surface area contributed by atoms with Crippen LogP contribution < -0.4 is 5.73 Å². The Bertz CT molecular complexity index is 750. The molecule has 0 atom stereocenters. The van der Waals surface area contributed by atoms with Gasteiger partial charge in [0.15, 0.2) is 0 Å². The first-order valence-electron chi connectivity index (χ1n) is 6.70. The average Bonchev–Trinajstić information content (AvgIpc) is 3.05. The number of hydrogen-bond acceptors (Lipinski definition) is 1. The zero-order valence-electron chi connectivity index (χ0n) is 11.5. The Labute approximate surface area is 117 Å². The number of nitrogens with two attached hydrogens (primary N) is 1. The number of aromatic amines is 1. The van der Waals surface area contributed by atoms with Crippen molar-refractivity contribution in [3.8, 4) is 0 Å². The maximum Gasteiger partial charge on any atom is 0.122 e. The third-order valence-electron chi connectivity index (χ3n) is 3.77. The van der Waals surface area contributed by atoms with E-state index in [0.29, 0.717) is 0 Å². The molecule has 0 saturated carbocycles. The summed E-state index contributed by atoms with van der Waals surface area (Å²) in [6.45, 7) is 0. The van der Waals surface area contributed by atoms with Crippen molar-refractivity contribution < 1.29 is 0 Å². The number of aromatic nitrogens is 2. The normalized spacial score (nSPS) is 11.1. The first-order chi connectivity index (χ1) is 9.65. The van der Waals surface area contributed by atoms with E-state index in [0.717, 1.165) is 23.9 Å². The second-order valence-corrected chi connectivity index (χ2v) is 5.08. The summed E-state index contributed by atoms with van der Waals surface area (Å²) in [6, 6.07) is 12.3. The highest BCUT2D eigenvalue weighted by Crippen LogP contribution is 2.21. The number of nitrogen functional groups attached to an aromatic ring is 1. The van der Waals surface area contributed by atoms with E-state index in [2.05, 4.69) is 28.7 Å². The predicted octanol–water partition coefficient (Wildman–Crippen LogP) is 2.58. The minimum absolute atomic E-state index is 0.112. The molecule has 102 valence electrons. The Morgan fingerprint density at radius 1 is 1.25 bits per heavy atom. The van der Waals surface area contributed by atoms with Crippen LogP contribution in [0.1, 0.15) is 17.0 Å². The lowest BCUT2D eigenvalue weighted by Gasteiger charge is -2.04. The summed E-state index contributed by atoms with van der Waals surface area (Å²) in [5.74, 6) is 0.112. The van der Waals surface area contributed by atoms with Crippen molar-refractivity contribution in [1.82, 2.24) is 9.55 Å². The lowest BCUT2D eigenvalue weighted by molar-refractivity contribution is 0.810. The van der Waals surface area contributed by atoms with E-state index >= 15 is 0 Å². The molecule has 0 spiro atoms. The molecule has 0 aliphatic rings. The van der Waals surface area contributed by atoms with Gasteiger partial charge in [-0.25, -0.2) is 0 Å². The fourth-order valence-corrected chi connectivity index (χ4v) is 2.58. The van der Waals surface area contributed by atoms with Gasteiger partial charge in [-0.15, -0.1) is 0 Å². The van der Waals surface area contributed by atoms with Gasteiger partial charge >= 0.3 is 0 Å². The molecule has 4 heteroatoms. The van der Waals surface area contributed by atoms with Gasteiger partial charge in [-0.2, -0.15) is 0 Å². The summed E-state index contributed by atoms with van der Waals surface area (Å²) in [7, 11) is 2.07. The minimum atomic E-state index is 0.112. The molecular formula is C16H18N4. The van der Waals surface area contributed by atoms with E-state index in [9.17, 15) is 0 Å². The highest BCUT2D eigenvalue weighted by Gasteiger charge is 2.08. The smallest absolute Gasteiger partial charge is 0.122 e. The molecule has 20 heavy (non-hydrogen) atoms. The Hall–Kier alpha value is -2.49. The highest BCUT2D eigenvalue weighted by atomic mass is 14.9. The molecule has 4 nitrogen and oxygen atoms in total. The fourth-order valence-electron chi connectivity index (χ4n) is 2.58. The van der Waals surface area contributed by atoms with Gasteiger partial charge in [0.05, 0.1) is 0 Å². The van der Waals surface area contributed by atoms with Gasteiger partial charge in [0.25, 0.3) is 0 Å². The number of nitrogens with one attached hydrogen (secondary N) is 2. The van der Waals surface area contributed by atoms with Crippen molar-refractivity contribution in [3.05, 3.63) is 59.5 Å². The van der Waals surface area contributed by atoms with Crippen molar-refractivity contribution in [3.63, 3.8) is 0 Å². The van der Waals surface area contributed by atoms with E-state index in [4.69, 9.17) is 11.1 Å². The molecule has 3 aromatic rings. The summed E-state index contributed by atoms with van der Waals surface area (Å²) >= 11 is 0. The molecule has 2 heterocycles. The van der Waals surface area contributed by atoms with E-state index < -0.39 is 0 Å². The first-order valence-corrected chi connectivity index (χ1v) is 6.70. The van der Waals surface area contributed by atoms with Crippen molar-refractivity contribution in [1.29, 1.82) is 5.41 Å². The Balaban J connectivity index is 1.92. The number of H-pyrrole nitrogens is 1. The van der Waals surface area contributed by atoms with Gasteiger partial charge in [-0.3, -0.25) is 5.41 Å². The van der Waals surface area contributed by atoms with Gasteiger partial charge in [0.1, 0.15) is 5.84 Å². The quantitative estimate of drug-likeness (QED) is 0.493. The number of fused-ring (bicyclic) bond motifs is 1. The second-order valence-electron chi connectivity index (χ2n) is 5.08. The number of aryl methyl sites for hydroxylation is 3. The summed E-state index contributed by atoms with van der Waals surface area (Å²) in [5.41, 5.74) is 9.99. The molecule has 3 rings (SSSR count). The lowest BCUT2D eigenvalue weighted by atomic mass is 10.1. The molecule has 0 amide bonds. The molecule has 0 bridgehead atoms. The molecule has 0 unspecified atom stereocenters. The second kappa shape index (κ2) is 4.89. The van der Waals surface area contributed by atoms with Crippen LogP contribution in [0.2, 0.25) is 0 Å². The van der Waals surface area contributed by atoms with Crippen LogP contribution in [-0.4, -0.2) is 15.4 Å². The zero-order valence-corrected chi connectivity index (χ0v) is 11.5. The molecule has 0 radical (unpaired) electrons. The Morgan fingerprint density at radius 2 is 2.10 bits per heavy atom. The van der Waals surface area contributed by atoms with Gasteiger partial charge in [0, 0.05) is 35.7 Å². The first kappa shape index (κ1) is 12.5. The van der Waals surface area contributed by atoms with Crippen LogP contribution in [0.3, 0.4) is 0 Å². The molecule has 0 fully saturated rings. The topological polar surface area (TPSA) is 70.6 Å². The molecule has 0 aliphatic heterocycles. The molecule has 1 aromatic carbocycles. The van der Waals surface area contributed by atoms with Crippen LogP contribution in [0.25, 0.3) is 10.9 Å². The number of nitrogens with zero attached hydrogens (tertiary/aromatic N) is 1. The third kappa shape index (κ3) is 2.20. The van der Waals surface area contributed by atoms with Crippen LogP contribution in [0, 0.1) is 5.41 Å². The number of rotatable bonds is 4. The van der Waals surface area contributed by atoms with Crippen molar-refractivity contribution >= 4 is 16.7 Å². The predicted molar refractivity (Wildman–Crippen MR) is 82.1 cm³/mol. The van der Waals surface area contributed by atoms with Gasteiger partial charge < -0.3 is 15.3 Å². The van der Waals surface area contributed by atoms with Crippen LogP contribution in [0.15, 0.2) is 42.6 Å². The van der Waals surface area contributed by atoms with E-state index in [-0.39, 0.29) is 5.84 Å². The van der Waals surface area contributed by atoms with Gasteiger partial charge in [-0.05, 0) is 42.5 Å².